The third-order valence-electron chi connectivity index (χ3n) is 3.19. The van der Waals surface area contributed by atoms with Gasteiger partial charge in [0.2, 0.25) is 10.0 Å². The first-order valence-electron chi connectivity index (χ1n) is 7.08. The smallest absolute Gasteiger partial charge is 0.240 e. The Morgan fingerprint density at radius 2 is 2.00 bits per heavy atom. The highest BCUT2D eigenvalue weighted by Gasteiger charge is 2.16. The zero-order valence-electron chi connectivity index (χ0n) is 13.0. The average Bonchev–Trinajstić information content (AvgIpc) is 2.56. The summed E-state index contributed by atoms with van der Waals surface area (Å²) in [6.07, 6.45) is 0. The lowest BCUT2D eigenvalue weighted by atomic mass is 10.2. The molecule has 2 rings (SSSR count). The third-order valence-corrected chi connectivity index (χ3v) is 6.02. The van der Waals surface area contributed by atoms with Gasteiger partial charge in [-0.1, -0.05) is 29.8 Å². The summed E-state index contributed by atoms with van der Waals surface area (Å²) in [6, 6.07) is 11.0. The standard InChI is InChI=1S/C16H17ClFNO3S2/c1-22-16-10-13(6-7-15(16)18)24(20,21)19-8-9-23-11-12-4-2-3-5-14(12)17/h2-7,10,19H,8-9,11H2,1H3. The van der Waals surface area contributed by atoms with E-state index in [1.165, 1.54) is 13.2 Å². The van der Waals surface area contributed by atoms with Crippen molar-refractivity contribution in [1.82, 2.24) is 4.72 Å². The summed E-state index contributed by atoms with van der Waals surface area (Å²) in [4.78, 5) is -0.0307. The van der Waals surface area contributed by atoms with Gasteiger partial charge in [-0.05, 0) is 23.8 Å². The third kappa shape index (κ3) is 5.11. The molecule has 0 aliphatic heterocycles. The van der Waals surface area contributed by atoms with E-state index < -0.39 is 15.8 Å². The molecule has 0 radical (unpaired) electrons. The minimum absolute atomic E-state index is 0.0307. The number of thioether (sulfide) groups is 1. The van der Waals surface area contributed by atoms with Gasteiger partial charge in [0, 0.05) is 29.1 Å². The zero-order valence-corrected chi connectivity index (χ0v) is 15.3. The minimum Gasteiger partial charge on any atom is -0.494 e. The van der Waals surface area contributed by atoms with Gasteiger partial charge in [-0.2, -0.15) is 11.8 Å². The van der Waals surface area contributed by atoms with Gasteiger partial charge >= 0.3 is 0 Å². The van der Waals surface area contributed by atoms with Gasteiger partial charge < -0.3 is 4.74 Å². The van der Waals surface area contributed by atoms with Crippen LogP contribution in [0.3, 0.4) is 0 Å². The van der Waals surface area contributed by atoms with Crippen LogP contribution in [0.4, 0.5) is 4.39 Å². The molecule has 130 valence electrons. The first-order valence-corrected chi connectivity index (χ1v) is 10.1. The van der Waals surface area contributed by atoms with Gasteiger partial charge in [0.15, 0.2) is 11.6 Å². The summed E-state index contributed by atoms with van der Waals surface area (Å²) >= 11 is 7.63. The molecule has 1 N–H and O–H groups in total. The van der Waals surface area contributed by atoms with E-state index in [0.717, 1.165) is 17.7 Å². The summed E-state index contributed by atoms with van der Waals surface area (Å²) in [5.41, 5.74) is 1.01. The normalized spacial score (nSPS) is 11.5. The molecule has 2 aromatic rings. The number of halogens is 2. The molecule has 0 spiro atoms. The fraction of sp³-hybridized carbons (Fsp3) is 0.250. The van der Waals surface area contributed by atoms with Crippen LogP contribution < -0.4 is 9.46 Å². The first kappa shape index (κ1) is 19.1. The number of methoxy groups -OCH3 is 1. The lowest BCUT2D eigenvalue weighted by molar-refractivity contribution is 0.385. The van der Waals surface area contributed by atoms with Crippen LogP contribution in [-0.4, -0.2) is 27.8 Å². The zero-order chi connectivity index (χ0) is 17.6. The van der Waals surface area contributed by atoms with Crippen molar-refractivity contribution in [2.45, 2.75) is 10.6 Å². The predicted octanol–water partition coefficient (Wildman–Crippen LogP) is 3.70. The summed E-state index contributed by atoms with van der Waals surface area (Å²) in [5.74, 6) is 0.576. The molecule has 2 aromatic carbocycles. The Morgan fingerprint density at radius 1 is 1.25 bits per heavy atom. The van der Waals surface area contributed by atoms with E-state index in [2.05, 4.69) is 4.72 Å². The van der Waals surface area contributed by atoms with Crippen molar-refractivity contribution in [2.75, 3.05) is 19.4 Å². The summed E-state index contributed by atoms with van der Waals surface area (Å²) in [6.45, 7) is 0.261. The lowest BCUT2D eigenvalue weighted by Gasteiger charge is -2.09. The number of hydrogen-bond donors (Lipinski definition) is 1. The molecule has 0 heterocycles. The molecule has 0 unspecified atom stereocenters. The van der Waals surface area contributed by atoms with Crippen molar-refractivity contribution in [3.63, 3.8) is 0 Å². The van der Waals surface area contributed by atoms with Crippen LogP contribution in [0.15, 0.2) is 47.4 Å². The van der Waals surface area contributed by atoms with Gasteiger partial charge in [0.1, 0.15) is 0 Å². The highest BCUT2D eigenvalue weighted by Crippen LogP contribution is 2.22. The number of nitrogens with one attached hydrogen (secondary N) is 1. The minimum atomic E-state index is -3.70. The molecule has 0 atom stereocenters. The maximum absolute atomic E-state index is 13.3. The monoisotopic (exact) mass is 389 g/mol. The number of hydrogen-bond acceptors (Lipinski definition) is 4. The van der Waals surface area contributed by atoms with Crippen LogP contribution in [0, 0.1) is 5.82 Å². The summed E-state index contributed by atoms with van der Waals surface area (Å²) in [5, 5.41) is 0.698. The van der Waals surface area contributed by atoms with Crippen molar-refractivity contribution in [3.8, 4) is 5.75 Å². The van der Waals surface area contributed by atoms with Gasteiger partial charge in [0.05, 0.1) is 12.0 Å². The van der Waals surface area contributed by atoms with E-state index in [4.69, 9.17) is 16.3 Å². The SMILES string of the molecule is COc1cc(S(=O)(=O)NCCSCc2ccccc2Cl)ccc1F. The molecule has 0 aliphatic rings. The number of benzene rings is 2. The summed E-state index contributed by atoms with van der Waals surface area (Å²) in [7, 11) is -2.41. The van der Waals surface area contributed by atoms with Crippen LogP contribution in [0.2, 0.25) is 5.02 Å². The maximum Gasteiger partial charge on any atom is 0.240 e. The van der Waals surface area contributed by atoms with Gasteiger partial charge in [0.25, 0.3) is 0 Å². The van der Waals surface area contributed by atoms with Crippen molar-refractivity contribution >= 4 is 33.4 Å². The second kappa shape index (κ2) is 8.71. The highest BCUT2D eigenvalue weighted by molar-refractivity contribution is 7.98. The van der Waals surface area contributed by atoms with Crippen LogP contribution in [0.25, 0.3) is 0 Å². The summed E-state index contributed by atoms with van der Waals surface area (Å²) < 4.78 is 45.0. The Labute approximate surface area is 150 Å². The Hall–Kier alpha value is -1.28. The van der Waals surface area contributed by atoms with E-state index in [1.807, 2.05) is 24.3 Å². The molecule has 0 aliphatic carbocycles. The Morgan fingerprint density at radius 3 is 2.71 bits per heavy atom. The second-order valence-electron chi connectivity index (χ2n) is 4.84. The Bertz CT molecular complexity index is 800. The average molecular weight is 390 g/mol. The number of sulfonamides is 1. The first-order chi connectivity index (χ1) is 11.4. The Balaban J connectivity index is 1.86. The van der Waals surface area contributed by atoms with Crippen molar-refractivity contribution in [1.29, 1.82) is 0 Å². The van der Waals surface area contributed by atoms with E-state index >= 15 is 0 Å². The number of rotatable bonds is 8. The molecule has 8 heteroatoms. The fourth-order valence-electron chi connectivity index (χ4n) is 1.94. The topological polar surface area (TPSA) is 55.4 Å². The molecule has 0 aromatic heterocycles. The highest BCUT2D eigenvalue weighted by atomic mass is 35.5. The van der Waals surface area contributed by atoms with Gasteiger partial charge in [-0.25, -0.2) is 17.5 Å². The number of ether oxygens (including phenoxy) is 1. The molecule has 0 bridgehead atoms. The lowest BCUT2D eigenvalue weighted by Crippen LogP contribution is -2.26. The van der Waals surface area contributed by atoms with Crippen LogP contribution in [-0.2, 0) is 15.8 Å². The predicted molar refractivity (Wildman–Crippen MR) is 95.8 cm³/mol. The molecular weight excluding hydrogens is 373 g/mol. The van der Waals surface area contributed by atoms with E-state index in [-0.39, 0.29) is 17.2 Å². The van der Waals surface area contributed by atoms with Crippen molar-refractivity contribution in [3.05, 3.63) is 58.9 Å². The second-order valence-corrected chi connectivity index (χ2v) is 8.12. The largest absolute Gasteiger partial charge is 0.494 e. The molecular formula is C16H17ClFNO3S2. The molecule has 24 heavy (non-hydrogen) atoms. The van der Waals surface area contributed by atoms with Gasteiger partial charge in [-0.15, -0.1) is 0 Å². The van der Waals surface area contributed by atoms with E-state index in [0.29, 0.717) is 16.5 Å². The maximum atomic E-state index is 13.3. The fourth-order valence-corrected chi connectivity index (χ4v) is 4.26. The van der Waals surface area contributed by atoms with Crippen molar-refractivity contribution in [2.24, 2.45) is 0 Å². The van der Waals surface area contributed by atoms with E-state index in [1.54, 1.807) is 11.8 Å². The van der Waals surface area contributed by atoms with Crippen LogP contribution in [0.5, 0.6) is 5.75 Å². The van der Waals surface area contributed by atoms with Gasteiger partial charge in [-0.3, -0.25) is 0 Å². The van der Waals surface area contributed by atoms with Crippen molar-refractivity contribution < 1.29 is 17.5 Å². The quantitative estimate of drug-likeness (QED) is 0.699. The molecule has 0 saturated heterocycles. The Kier molecular flexibility index (Phi) is 6.91. The molecule has 0 amide bonds. The molecule has 0 fully saturated rings. The molecule has 4 nitrogen and oxygen atoms in total. The van der Waals surface area contributed by atoms with Crippen LogP contribution >= 0.6 is 23.4 Å². The van der Waals surface area contributed by atoms with E-state index in [9.17, 15) is 12.8 Å². The molecule has 0 saturated carbocycles. The van der Waals surface area contributed by atoms with Crippen LogP contribution in [0.1, 0.15) is 5.56 Å².